The summed E-state index contributed by atoms with van der Waals surface area (Å²) in [6, 6.07) is 13.1. The maximum absolute atomic E-state index is 13.8. The highest BCUT2D eigenvalue weighted by Crippen LogP contribution is 2.40. The Morgan fingerprint density at radius 3 is 2.38 bits per heavy atom. The number of carbonyl (C=O) groups excluding carboxylic acids is 2. The van der Waals surface area contributed by atoms with Gasteiger partial charge < -0.3 is 14.9 Å². The standard InChI is InChI=1S/C23H16F2N4O3/c24-23(25)8-9-28(11-23)18-7-5-15-19-13(18)2-1-3-14(19)20(30)29(21(15)31)12-4-6-16-17(10-12)27-22(32)26-16/h1-7,10H,8-9,11H2,(H2,26,27,32). The van der Waals surface area contributed by atoms with Crippen molar-refractivity contribution in [3.8, 4) is 0 Å². The van der Waals surface area contributed by atoms with Crippen LogP contribution in [0.3, 0.4) is 0 Å². The second-order valence-electron chi connectivity index (χ2n) is 8.14. The molecule has 0 radical (unpaired) electrons. The molecule has 3 aromatic carbocycles. The van der Waals surface area contributed by atoms with E-state index in [9.17, 15) is 23.2 Å². The predicted molar refractivity (Wildman–Crippen MR) is 116 cm³/mol. The molecule has 4 aromatic rings. The van der Waals surface area contributed by atoms with Crippen LogP contribution in [0.15, 0.2) is 53.3 Å². The minimum absolute atomic E-state index is 0.203. The van der Waals surface area contributed by atoms with Crippen LogP contribution in [0.1, 0.15) is 27.1 Å². The van der Waals surface area contributed by atoms with Gasteiger partial charge in [0.15, 0.2) is 0 Å². The first-order valence-electron chi connectivity index (χ1n) is 10.1. The average molecular weight is 434 g/mol. The molecule has 2 amide bonds. The van der Waals surface area contributed by atoms with Crippen LogP contribution in [0.5, 0.6) is 0 Å². The van der Waals surface area contributed by atoms with Gasteiger partial charge in [0.2, 0.25) is 0 Å². The number of halogens is 2. The average Bonchev–Trinajstić information content (AvgIpc) is 3.32. The minimum Gasteiger partial charge on any atom is -0.365 e. The number of hydrogen-bond acceptors (Lipinski definition) is 4. The van der Waals surface area contributed by atoms with E-state index in [4.69, 9.17) is 0 Å². The van der Waals surface area contributed by atoms with Crippen molar-refractivity contribution in [1.29, 1.82) is 0 Å². The molecular weight excluding hydrogens is 418 g/mol. The van der Waals surface area contributed by atoms with Crippen molar-refractivity contribution < 1.29 is 18.4 Å². The molecule has 2 aliphatic rings. The zero-order chi connectivity index (χ0) is 22.2. The van der Waals surface area contributed by atoms with E-state index in [1.807, 2.05) is 0 Å². The molecule has 3 heterocycles. The molecule has 2 aliphatic heterocycles. The molecule has 7 nitrogen and oxygen atoms in total. The highest BCUT2D eigenvalue weighted by molar-refractivity contribution is 6.36. The number of nitrogens with one attached hydrogen (secondary N) is 2. The smallest absolute Gasteiger partial charge is 0.323 e. The zero-order valence-corrected chi connectivity index (χ0v) is 16.6. The van der Waals surface area contributed by atoms with Crippen molar-refractivity contribution in [2.24, 2.45) is 0 Å². The van der Waals surface area contributed by atoms with E-state index in [0.717, 1.165) is 4.90 Å². The summed E-state index contributed by atoms with van der Waals surface area (Å²) >= 11 is 0. The van der Waals surface area contributed by atoms with E-state index in [2.05, 4.69) is 9.97 Å². The van der Waals surface area contributed by atoms with Crippen LogP contribution in [-0.2, 0) is 0 Å². The third kappa shape index (κ3) is 2.60. The fraction of sp³-hybridized carbons (Fsp3) is 0.174. The van der Waals surface area contributed by atoms with E-state index in [1.54, 1.807) is 53.4 Å². The van der Waals surface area contributed by atoms with Crippen molar-refractivity contribution >= 4 is 45.0 Å². The number of amides is 2. The number of aromatic nitrogens is 2. The number of aromatic amines is 2. The topological polar surface area (TPSA) is 89.3 Å². The lowest BCUT2D eigenvalue weighted by atomic mass is 9.92. The van der Waals surface area contributed by atoms with Crippen LogP contribution in [0.25, 0.3) is 21.8 Å². The van der Waals surface area contributed by atoms with Gasteiger partial charge in [-0.25, -0.2) is 18.5 Å². The molecule has 0 aliphatic carbocycles. The number of hydrogen-bond donors (Lipinski definition) is 2. The quantitative estimate of drug-likeness (QED) is 0.472. The Labute approximate surface area is 179 Å². The fourth-order valence-electron chi connectivity index (χ4n) is 4.69. The SMILES string of the molecule is O=C1c2cccc3c(N4CCC(F)(F)C4)ccc(c23)C(=O)N1c1ccc2[nH]c(=O)[nH]c2c1. The second-order valence-corrected chi connectivity index (χ2v) is 8.14. The molecule has 0 atom stereocenters. The number of imidazole rings is 1. The van der Waals surface area contributed by atoms with Gasteiger partial charge >= 0.3 is 5.69 Å². The number of benzene rings is 3. The normalized spacial score (nSPS) is 17.7. The number of anilines is 2. The van der Waals surface area contributed by atoms with E-state index in [0.29, 0.717) is 44.3 Å². The number of rotatable bonds is 2. The number of alkyl halides is 2. The van der Waals surface area contributed by atoms with Gasteiger partial charge in [-0.05, 0) is 36.4 Å². The largest absolute Gasteiger partial charge is 0.365 e. The summed E-state index contributed by atoms with van der Waals surface area (Å²) in [5.74, 6) is -3.77. The molecule has 0 unspecified atom stereocenters. The number of fused-ring (bicyclic) bond motifs is 1. The highest BCUT2D eigenvalue weighted by Gasteiger charge is 2.40. The highest BCUT2D eigenvalue weighted by atomic mass is 19.3. The van der Waals surface area contributed by atoms with Crippen molar-refractivity contribution in [3.63, 3.8) is 0 Å². The molecule has 1 aromatic heterocycles. The molecular formula is C23H16F2N4O3. The first-order chi connectivity index (χ1) is 15.3. The Bertz CT molecular complexity index is 1500. The first kappa shape index (κ1) is 18.7. The Hall–Kier alpha value is -4.01. The Morgan fingerprint density at radius 1 is 0.875 bits per heavy atom. The maximum atomic E-state index is 13.8. The molecule has 6 rings (SSSR count). The summed E-state index contributed by atoms with van der Waals surface area (Å²) in [5, 5.41) is 1.08. The molecule has 32 heavy (non-hydrogen) atoms. The molecule has 1 fully saturated rings. The summed E-state index contributed by atoms with van der Waals surface area (Å²) < 4.78 is 27.6. The molecule has 9 heteroatoms. The summed E-state index contributed by atoms with van der Waals surface area (Å²) in [6.45, 7) is -0.191. The van der Waals surface area contributed by atoms with Crippen molar-refractivity contribution in [3.05, 3.63) is 70.1 Å². The minimum atomic E-state index is -2.76. The third-order valence-corrected chi connectivity index (χ3v) is 6.15. The number of imide groups is 1. The Morgan fingerprint density at radius 2 is 1.62 bits per heavy atom. The summed E-state index contributed by atoms with van der Waals surface area (Å²) in [7, 11) is 0. The van der Waals surface area contributed by atoms with Gasteiger partial charge in [0, 0.05) is 40.6 Å². The summed E-state index contributed by atoms with van der Waals surface area (Å²) in [4.78, 5) is 46.3. The van der Waals surface area contributed by atoms with Gasteiger partial charge in [-0.3, -0.25) is 9.59 Å². The lowest BCUT2D eigenvalue weighted by Gasteiger charge is -2.29. The van der Waals surface area contributed by atoms with Crippen molar-refractivity contribution in [2.75, 3.05) is 22.9 Å². The second kappa shape index (κ2) is 6.25. The molecule has 160 valence electrons. The van der Waals surface area contributed by atoms with Crippen LogP contribution in [0, 0.1) is 0 Å². The van der Waals surface area contributed by atoms with E-state index in [-0.39, 0.29) is 18.7 Å². The van der Waals surface area contributed by atoms with Crippen LogP contribution >= 0.6 is 0 Å². The molecule has 2 N–H and O–H groups in total. The van der Waals surface area contributed by atoms with Crippen LogP contribution in [-0.4, -0.2) is 40.8 Å². The predicted octanol–water partition coefficient (Wildman–Crippen LogP) is 3.66. The van der Waals surface area contributed by atoms with Gasteiger partial charge in [0.25, 0.3) is 17.7 Å². The summed E-state index contributed by atoms with van der Waals surface area (Å²) in [5.41, 5.74) is 2.22. The third-order valence-electron chi connectivity index (χ3n) is 6.15. The number of H-pyrrole nitrogens is 2. The molecule has 0 spiro atoms. The van der Waals surface area contributed by atoms with Crippen molar-refractivity contribution in [1.82, 2.24) is 9.97 Å². The van der Waals surface area contributed by atoms with Crippen LogP contribution < -0.4 is 15.5 Å². The van der Waals surface area contributed by atoms with Crippen molar-refractivity contribution in [2.45, 2.75) is 12.3 Å². The van der Waals surface area contributed by atoms with Gasteiger partial charge in [-0.2, -0.15) is 0 Å². The van der Waals surface area contributed by atoms with E-state index >= 15 is 0 Å². The maximum Gasteiger partial charge on any atom is 0.323 e. The van der Waals surface area contributed by atoms with Crippen LogP contribution in [0.2, 0.25) is 0 Å². The van der Waals surface area contributed by atoms with E-state index < -0.39 is 24.3 Å². The van der Waals surface area contributed by atoms with Crippen LogP contribution in [0.4, 0.5) is 20.2 Å². The van der Waals surface area contributed by atoms with E-state index in [1.165, 1.54) is 0 Å². The monoisotopic (exact) mass is 434 g/mol. The Kier molecular flexibility index (Phi) is 3.66. The van der Waals surface area contributed by atoms with Gasteiger partial charge in [0.1, 0.15) is 0 Å². The lowest BCUT2D eigenvalue weighted by molar-refractivity contribution is 0.0257. The Balaban J connectivity index is 1.50. The van der Waals surface area contributed by atoms with Gasteiger partial charge in [0.05, 0.1) is 23.3 Å². The lowest BCUT2D eigenvalue weighted by Crippen LogP contribution is -2.40. The summed E-state index contributed by atoms with van der Waals surface area (Å²) in [6.07, 6.45) is -0.231. The van der Waals surface area contributed by atoms with Gasteiger partial charge in [-0.1, -0.05) is 12.1 Å². The molecule has 0 bridgehead atoms. The number of carbonyl (C=O) groups is 2. The first-order valence-corrected chi connectivity index (χ1v) is 10.1. The fourth-order valence-corrected chi connectivity index (χ4v) is 4.69. The molecule has 0 saturated carbocycles. The van der Waals surface area contributed by atoms with Gasteiger partial charge in [-0.15, -0.1) is 0 Å². The molecule has 1 saturated heterocycles. The zero-order valence-electron chi connectivity index (χ0n) is 16.6. The number of nitrogens with zero attached hydrogens (tertiary/aromatic N) is 2.